The van der Waals surface area contributed by atoms with Gasteiger partial charge in [-0.15, -0.1) is 0 Å². The maximum atomic E-state index is 9.38. The van der Waals surface area contributed by atoms with E-state index in [-0.39, 0.29) is 0 Å². The van der Waals surface area contributed by atoms with E-state index in [0.717, 1.165) is 49.8 Å². The van der Waals surface area contributed by atoms with Crippen LogP contribution in [-0.2, 0) is 0 Å². The molecule has 5 nitrogen and oxygen atoms in total. The van der Waals surface area contributed by atoms with Gasteiger partial charge in [0.05, 0.1) is 11.6 Å². The fourth-order valence-corrected chi connectivity index (χ4v) is 4.90. The Morgan fingerprint density at radius 3 is 1.74 bits per heavy atom. The number of furan rings is 1. The molecule has 0 aliphatic carbocycles. The van der Waals surface area contributed by atoms with Crippen LogP contribution < -0.4 is 0 Å². The van der Waals surface area contributed by atoms with Crippen molar-refractivity contribution < 1.29 is 4.42 Å². The van der Waals surface area contributed by atoms with Gasteiger partial charge in [-0.25, -0.2) is 15.0 Å². The fraction of sp³-hybridized carbons (Fsp3) is 0. The third kappa shape index (κ3) is 4.01. The van der Waals surface area contributed by atoms with Crippen molar-refractivity contribution in [2.75, 3.05) is 0 Å². The maximum Gasteiger partial charge on any atom is 0.164 e. The summed E-state index contributed by atoms with van der Waals surface area (Å²) in [6.07, 6.45) is 0. The van der Waals surface area contributed by atoms with Gasteiger partial charge in [-0.05, 0) is 35.9 Å². The molecule has 39 heavy (non-hydrogen) atoms. The van der Waals surface area contributed by atoms with Gasteiger partial charge >= 0.3 is 0 Å². The lowest BCUT2D eigenvalue weighted by atomic mass is 9.95. The number of hydrogen-bond acceptors (Lipinski definition) is 5. The summed E-state index contributed by atoms with van der Waals surface area (Å²) in [5.41, 5.74) is 6.57. The Morgan fingerprint density at radius 2 is 1.10 bits per heavy atom. The Morgan fingerprint density at radius 1 is 0.513 bits per heavy atom. The average molecular weight is 501 g/mol. The van der Waals surface area contributed by atoms with Crippen LogP contribution in [-0.4, -0.2) is 15.0 Å². The summed E-state index contributed by atoms with van der Waals surface area (Å²) in [5, 5.41) is 11.4. The number of aromatic nitrogens is 3. The minimum absolute atomic E-state index is 0.546. The van der Waals surface area contributed by atoms with Gasteiger partial charge in [-0.1, -0.05) is 91.0 Å². The highest BCUT2D eigenvalue weighted by Crippen LogP contribution is 2.41. The lowest BCUT2D eigenvalue weighted by Gasteiger charge is -2.13. The molecule has 7 rings (SSSR count). The van der Waals surface area contributed by atoms with E-state index in [2.05, 4.69) is 24.3 Å². The molecule has 0 unspecified atom stereocenters. The molecule has 0 saturated carbocycles. The van der Waals surface area contributed by atoms with Crippen LogP contribution in [0.25, 0.3) is 67.2 Å². The molecule has 7 aromatic rings. The summed E-state index contributed by atoms with van der Waals surface area (Å²) >= 11 is 0. The highest BCUT2D eigenvalue weighted by Gasteiger charge is 2.21. The van der Waals surface area contributed by atoms with Crippen LogP contribution >= 0.6 is 0 Å². The first-order valence-electron chi connectivity index (χ1n) is 12.6. The normalized spacial score (nSPS) is 11.1. The van der Waals surface area contributed by atoms with E-state index >= 15 is 0 Å². The highest BCUT2D eigenvalue weighted by atomic mass is 16.3. The van der Waals surface area contributed by atoms with Gasteiger partial charge in [-0.2, -0.15) is 5.26 Å². The first-order chi connectivity index (χ1) is 19.3. The first-order valence-corrected chi connectivity index (χ1v) is 12.6. The van der Waals surface area contributed by atoms with E-state index in [1.54, 1.807) is 0 Å². The van der Waals surface area contributed by atoms with Crippen LogP contribution in [0.5, 0.6) is 0 Å². The van der Waals surface area contributed by atoms with Crippen LogP contribution in [0.4, 0.5) is 0 Å². The molecule has 0 fully saturated rings. The molecule has 0 bridgehead atoms. The number of rotatable bonds is 4. The zero-order valence-electron chi connectivity index (χ0n) is 20.7. The van der Waals surface area contributed by atoms with Gasteiger partial charge in [-0.3, -0.25) is 0 Å². The van der Waals surface area contributed by atoms with Crippen molar-refractivity contribution >= 4 is 21.9 Å². The van der Waals surface area contributed by atoms with Gasteiger partial charge in [0, 0.05) is 33.0 Å². The van der Waals surface area contributed by atoms with E-state index in [9.17, 15) is 5.26 Å². The number of para-hydroxylation sites is 1. The second-order valence-corrected chi connectivity index (χ2v) is 9.19. The number of fused-ring (bicyclic) bond motifs is 3. The smallest absolute Gasteiger partial charge is 0.164 e. The lowest BCUT2D eigenvalue weighted by Crippen LogP contribution is -2.01. The standard InChI is InChI=1S/C34H20N4O/c35-21-22-15-17-23(18-16-22)30-28(20-19-27-26-13-7-8-14-29(26)39-31(27)30)34-37-32(24-9-3-1-4-10-24)36-33(38-34)25-11-5-2-6-12-25/h1-20H. The number of nitrogens with zero attached hydrogens (tertiary/aromatic N) is 4. The molecule has 2 aromatic heterocycles. The van der Waals surface area contributed by atoms with Crippen LogP contribution in [0, 0.1) is 11.3 Å². The second-order valence-electron chi connectivity index (χ2n) is 9.19. The summed E-state index contributed by atoms with van der Waals surface area (Å²) in [4.78, 5) is 14.8. The van der Waals surface area contributed by atoms with Crippen LogP contribution in [0.2, 0.25) is 0 Å². The maximum absolute atomic E-state index is 9.38. The predicted octanol–water partition coefficient (Wildman–Crippen LogP) is 8.31. The Labute approximate surface area is 224 Å². The Balaban J connectivity index is 1.54. The van der Waals surface area contributed by atoms with Crippen molar-refractivity contribution in [2.45, 2.75) is 0 Å². The molecule has 0 saturated heterocycles. The van der Waals surface area contributed by atoms with Crippen LogP contribution in [0.1, 0.15) is 5.56 Å². The van der Waals surface area contributed by atoms with Gasteiger partial charge in [0.15, 0.2) is 17.5 Å². The molecular formula is C34H20N4O. The van der Waals surface area contributed by atoms with E-state index in [4.69, 9.17) is 19.4 Å². The summed E-state index contributed by atoms with van der Waals surface area (Å²) in [6.45, 7) is 0. The second kappa shape index (κ2) is 9.37. The van der Waals surface area contributed by atoms with E-state index in [0.29, 0.717) is 23.0 Å². The quantitative estimate of drug-likeness (QED) is 0.243. The third-order valence-electron chi connectivity index (χ3n) is 6.79. The van der Waals surface area contributed by atoms with Gasteiger partial charge in [0.2, 0.25) is 0 Å². The lowest BCUT2D eigenvalue weighted by molar-refractivity contribution is 0.670. The molecule has 182 valence electrons. The molecule has 0 radical (unpaired) electrons. The molecule has 5 aromatic carbocycles. The van der Waals surface area contributed by atoms with E-state index in [1.807, 2.05) is 103 Å². The van der Waals surface area contributed by atoms with Crippen molar-refractivity contribution in [1.29, 1.82) is 5.26 Å². The van der Waals surface area contributed by atoms with Gasteiger partial charge in [0.25, 0.3) is 0 Å². The molecule has 0 aliphatic heterocycles. The number of benzene rings is 5. The minimum atomic E-state index is 0.546. The van der Waals surface area contributed by atoms with Crippen LogP contribution in [0.15, 0.2) is 126 Å². The molecule has 0 spiro atoms. The van der Waals surface area contributed by atoms with Crippen molar-refractivity contribution in [3.05, 3.63) is 127 Å². The Bertz CT molecular complexity index is 1950. The Hall–Kier alpha value is -5.60. The summed E-state index contributed by atoms with van der Waals surface area (Å²) in [7, 11) is 0. The molecule has 2 heterocycles. The monoisotopic (exact) mass is 500 g/mol. The van der Waals surface area contributed by atoms with Crippen molar-refractivity contribution in [3.8, 4) is 51.4 Å². The first kappa shape index (κ1) is 22.6. The summed E-state index contributed by atoms with van der Waals surface area (Å²) < 4.78 is 6.45. The molecule has 5 heteroatoms. The van der Waals surface area contributed by atoms with E-state index in [1.165, 1.54) is 0 Å². The van der Waals surface area contributed by atoms with Crippen LogP contribution in [0.3, 0.4) is 0 Å². The molecule has 0 atom stereocenters. The number of nitriles is 1. The minimum Gasteiger partial charge on any atom is -0.455 e. The molecule has 0 N–H and O–H groups in total. The van der Waals surface area contributed by atoms with Gasteiger partial charge < -0.3 is 4.42 Å². The Kier molecular flexibility index (Phi) is 5.42. The molecule has 0 amide bonds. The third-order valence-corrected chi connectivity index (χ3v) is 6.79. The summed E-state index contributed by atoms with van der Waals surface area (Å²) in [5.74, 6) is 1.73. The van der Waals surface area contributed by atoms with Crippen molar-refractivity contribution in [3.63, 3.8) is 0 Å². The fourth-order valence-electron chi connectivity index (χ4n) is 4.90. The average Bonchev–Trinajstić information content (AvgIpc) is 3.40. The van der Waals surface area contributed by atoms with Crippen molar-refractivity contribution in [2.24, 2.45) is 0 Å². The largest absolute Gasteiger partial charge is 0.455 e. The predicted molar refractivity (Wildman–Crippen MR) is 154 cm³/mol. The highest BCUT2D eigenvalue weighted by molar-refractivity contribution is 6.12. The topological polar surface area (TPSA) is 75.6 Å². The number of hydrogen-bond donors (Lipinski definition) is 0. The van der Waals surface area contributed by atoms with Crippen molar-refractivity contribution in [1.82, 2.24) is 15.0 Å². The molecule has 0 aliphatic rings. The molecular weight excluding hydrogens is 480 g/mol. The summed E-state index contributed by atoms with van der Waals surface area (Å²) in [6, 6.07) is 41.7. The SMILES string of the molecule is N#Cc1ccc(-c2c(-c3nc(-c4ccccc4)nc(-c4ccccc4)n3)ccc3c2oc2ccccc23)cc1. The zero-order valence-corrected chi connectivity index (χ0v) is 20.7. The zero-order chi connectivity index (χ0) is 26.2. The van der Waals surface area contributed by atoms with Gasteiger partial charge in [0.1, 0.15) is 11.2 Å². The van der Waals surface area contributed by atoms with E-state index < -0.39 is 0 Å².